The average molecular weight is 331 g/mol. The summed E-state index contributed by atoms with van der Waals surface area (Å²) in [5.74, 6) is 0. The van der Waals surface area contributed by atoms with Crippen LogP contribution in [0.4, 0.5) is 5.69 Å². The second-order valence-corrected chi connectivity index (χ2v) is 5.32. The Bertz CT molecular complexity index is 635. The molecule has 0 aliphatic heterocycles. The van der Waals surface area contributed by atoms with Gasteiger partial charge in [0.05, 0.1) is 17.9 Å². The second-order valence-electron chi connectivity index (χ2n) is 4.41. The van der Waals surface area contributed by atoms with Gasteiger partial charge in [-0.25, -0.2) is 0 Å². The van der Waals surface area contributed by atoms with Crippen LogP contribution in [0.3, 0.4) is 0 Å². The maximum absolute atomic E-state index is 9.10. The minimum Gasteiger partial charge on any atom is -0.380 e. The summed E-state index contributed by atoms with van der Waals surface area (Å²) in [6, 6.07) is 16.0. The van der Waals surface area contributed by atoms with Crippen molar-refractivity contribution in [3.63, 3.8) is 0 Å². The van der Waals surface area contributed by atoms with E-state index in [1.165, 1.54) is 0 Å². The summed E-state index contributed by atoms with van der Waals surface area (Å²) in [6.45, 7) is 1.27. The highest BCUT2D eigenvalue weighted by Gasteiger charge is 2.03. The fraction of sp³-hybridized carbons (Fsp3) is 0.188. The first-order chi connectivity index (χ1) is 9.72. The largest absolute Gasteiger partial charge is 0.380 e. The molecule has 0 amide bonds. The predicted molar refractivity (Wildman–Crippen MR) is 83.3 cm³/mol. The van der Waals surface area contributed by atoms with Crippen LogP contribution in [-0.2, 0) is 17.9 Å². The number of benzene rings is 2. The second kappa shape index (κ2) is 7.09. The van der Waals surface area contributed by atoms with Crippen LogP contribution < -0.4 is 5.32 Å². The van der Waals surface area contributed by atoms with Crippen LogP contribution in [0.2, 0.25) is 0 Å². The van der Waals surface area contributed by atoms with Gasteiger partial charge in [-0.3, -0.25) is 0 Å². The van der Waals surface area contributed by atoms with Crippen molar-refractivity contribution in [2.45, 2.75) is 13.2 Å². The summed E-state index contributed by atoms with van der Waals surface area (Å²) >= 11 is 3.42. The molecule has 0 bridgehead atoms. The Hall–Kier alpha value is -1.83. The zero-order valence-electron chi connectivity index (χ0n) is 11.2. The first-order valence-electron chi connectivity index (χ1n) is 6.23. The van der Waals surface area contributed by atoms with E-state index in [2.05, 4.69) is 39.4 Å². The molecule has 3 nitrogen and oxygen atoms in total. The molecule has 2 aromatic carbocycles. The lowest BCUT2D eigenvalue weighted by molar-refractivity contribution is 0.185. The lowest BCUT2D eigenvalue weighted by Crippen LogP contribution is -2.02. The Morgan fingerprint density at radius 3 is 2.75 bits per heavy atom. The minimum absolute atomic E-state index is 0.605. The molecule has 0 atom stereocenters. The van der Waals surface area contributed by atoms with E-state index < -0.39 is 0 Å². The van der Waals surface area contributed by atoms with Crippen LogP contribution >= 0.6 is 15.9 Å². The molecule has 102 valence electrons. The smallest absolute Gasteiger partial charge is 0.101 e. The normalized spacial score (nSPS) is 10.1. The van der Waals surface area contributed by atoms with Crippen molar-refractivity contribution in [1.82, 2.24) is 0 Å². The van der Waals surface area contributed by atoms with Gasteiger partial charge in [0.15, 0.2) is 0 Å². The molecule has 0 aliphatic rings. The summed E-state index contributed by atoms with van der Waals surface area (Å²) in [5.41, 5.74) is 3.77. The number of nitrogens with one attached hydrogen (secondary N) is 1. The molecule has 0 saturated heterocycles. The van der Waals surface area contributed by atoms with E-state index in [1.54, 1.807) is 13.2 Å². The number of nitriles is 1. The predicted octanol–water partition coefficient (Wildman–Crippen LogP) is 4.08. The van der Waals surface area contributed by atoms with E-state index in [9.17, 15) is 0 Å². The van der Waals surface area contributed by atoms with Gasteiger partial charge < -0.3 is 10.1 Å². The lowest BCUT2D eigenvalue weighted by Gasteiger charge is -2.10. The van der Waals surface area contributed by atoms with Gasteiger partial charge in [-0.15, -0.1) is 0 Å². The summed E-state index contributed by atoms with van der Waals surface area (Å²) in [5, 5.41) is 12.4. The maximum atomic E-state index is 9.10. The maximum Gasteiger partial charge on any atom is 0.101 e. The van der Waals surface area contributed by atoms with Crippen LogP contribution in [0, 0.1) is 11.3 Å². The summed E-state index contributed by atoms with van der Waals surface area (Å²) < 4.78 is 6.08. The van der Waals surface area contributed by atoms with Crippen molar-refractivity contribution in [3.05, 3.63) is 63.6 Å². The Morgan fingerprint density at radius 1 is 1.20 bits per heavy atom. The number of hydrogen-bond acceptors (Lipinski definition) is 3. The van der Waals surface area contributed by atoms with Crippen molar-refractivity contribution in [3.8, 4) is 6.07 Å². The third-order valence-corrected chi connectivity index (χ3v) is 3.38. The number of methoxy groups -OCH3 is 1. The number of hydrogen-bond donors (Lipinski definition) is 1. The lowest BCUT2D eigenvalue weighted by atomic mass is 10.1. The molecule has 0 unspecified atom stereocenters. The third kappa shape index (κ3) is 3.83. The summed E-state index contributed by atoms with van der Waals surface area (Å²) in [7, 11) is 1.69. The topological polar surface area (TPSA) is 45.0 Å². The summed E-state index contributed by atoms with van der Waals surface area (Å²) in [6.07, 6.45) is 0. The average Bonchev–Trinajstić information content (AvgIpc) is 2.46. The molecule has 1 N–H and O–H groups in total. The number of ether oxygens (including phenoxy) is 1. The van der Waals surface area contributed by atoms with Crippen molar-refractivity contribution < 1.29 is 4.74 Å². The number of rotatable bonds is 5. The molecule has 0 aromatic heterocycles. The van der Waals surface area contributed by atoms with Gasteiger partial charge >= 0.3 is 0 Å². The van der Waals surface area contributed by atoms with E-state index in [4.69, 9.17) is 10.00 Å². The standard InChI is InChI=1S/C16H15BrN2O/c1-20-11-13-4-2-3-12(7-13)10-19-16-8-15(17)6-5-14(16)9-18/h2-8,19H,10-11H2,1H3. The van der Waals surface area contributed by atoms with Crippen molar-refractivity contribution in [1.29, 1.82) is 5.26 Å². The van der Waals surface area contributed by atoms with E-state index >= 15 is 0 Å². The fourth-order valence-electron chi connectivity index (χ4n) is 1.95. The number of nitrogens with zero attached hydrogens (tertiary/aromatic N) is 1. The third-order valence-electron chi connectivity index (χ3n) is 2.89. The Kier molecular flexibility index (Phi) is 5.16. The van der Waals surface area contributed by atoms with E-state index in [0.717, 1.165) is 21.3 Å². The first kappa shape index (κ1) is 14.6. The molecule has 0 radical (unpaired) electrons. The van der Waals surface area contributed by atoms with Crippen LogP contribution in [0.25, 0.3) is 0 Å². The van der Waals surface area contributed by atoms with Crippen LogP contribution in [0.1, 0.15) is 16.7 Å². The van der Waals surface area contributed by atoms with Crippen molar-refractivity contribution in [2.75, 3.05) is 12.4 Å². The molecule has 2 rings (SSSR count). The highest BCUT2D eigenvalue weighted by Crippen LogP contribution is 2.21. The molecule has 0 spiro atoms. The van der Waals surface area contributed by atoms with Gasteiger partial charge in [0, 0.05) is 18.1 Å². The van der Waals surface area contributed by atoms with E-state index in [0.29, 0.717) is 18.7 Å². The molecule has 20 heavy (non-hydrogen) atoms. The van der Waals surface area contributed by atoms with Crippen LogP contribution in [0.15, 0.2) is 46.9 Å². The van der Waals surface area contributed by atoms with Gasteiger partial charge in [-0.1, -0.05) is 40.2 Å². The van der Waals surface area contributed by atoms with Crippen LogP contribution in [0.5, 0.6) is 0 Å². The number of anilines is 1. The molecule has 0 aliphatic carbocycles. The van der Waals surface area contributed by atoms with E-state index in [-0.39, 0.29) is 0 Å². The van der Waals surface area contributed by atoms with Gasteiger partial charge in [0.1, 0.15) is 6.07 Å². The van der Waals surface area contributed by atoms with Crippen molar-refractivity contribution in [2.24, 2.45) is 0 Å². The Morgan fingerprint density at radius 2 is 2.00 bits per heavy atom. The molecular formula is C16H15BrN2O. The minimum atomic E-state index is 0.605. The SMILES string of the molecule is COCc1cccc(CNc2cc(Br)ccc2C#N)c1. The van der Waals surface area contributed by atoms with Gasteiger partial charge in [0.25, 0.3) is 0 Å². The zero-order valence-corrected chi connectivity index (χ0v) is 12.8. The molecular weight excluding hydrogens is 316 g/mol. The van der Waals surface area contributed by atoms with Gasteiger partial charge in [-0.2, -0.15) is 5.26 Å². The monoisotopic (exact) mass is 330 g/mol. The zero-order chi connectivity index (χ0) is 14.4. The molecule has 0 heterocycles. The Labute approximate surface area is 127 Å². The summed E-state index contributed by atoms with van der Waals surface area (Å²) in [4.78, 5) is 0. The van der Waals surface area contributed by atoms with Gasteiger partial charge in [-0.05, 0) is 29.3 Å². The quantitative estimate of drug-likeness (QED) is 0.898. The number of halogens is 1. The molecule has 4 heteroatoms. The van der Waals surface area contributed by atoms with Crippen molar-refractivity contribution >= 4 is 21.6 Å². The fourth-order valence-corrected chi connectivity index (χ4v) is 2.31. The van der Waals surface area contributed by atoms with E-state index in [1.807, 2.05) is 24.3 Å². The molecule has 2 aromatic rings. The first-order valence-corrected chi connectivity index (χ1v) is 7.02. The molecule has 0 saturated carbocycles. The van der Waals surface area contributed by atoms with Gasteiger partial charge in [0.2, 0.25) is 0 Å². The highest BCUT2D eigenvalue weighted by atomic mass is 79.9. The Balaban J connectivity index is 2.11. The highest BCUT2D eigenvalue weighted by molar-refractivity contribution is 9.10. The molecule has 0 fully saturated rings. The van der Waals surface area contributed by atoms with Crippen LogP contribution in [-0.4, -0.2) is 7.11 Å².